The molecule has 0 aromatic heterocycles. The van der Waals surface area contributed by atoms with Gasteiger partial charge in [-0.05, 0) is 35.2 Å². The zero-order valence-electron chi connectivity index (χ0n) is 14.0. The molecule has 2 rings (SSSR count). The van der Waals surface area contributed by atoms with E-state index < -0.39 is 0 Å². The molecule has 0 bridgehead atoms. The second kappa shape index (κ2) is 10.7. The molecule has 0 unspecified atom stereocenters. The third-order valence-electron chi connectivity index (χ3n) is 3.69. The Morgan fingerprint density at radius 1 is 1.04 bits per heavy atom. The van der Waals surface area contributed by atoms with Crippen molar-refractivity contribution in [2.75, 3.05) is 7.05 Å². The molecule has 2 N–H and O–H groups in total. The van der Waals surface area contributed by atoms with Crippen LogP contribution in [0.1, 0.15) is 29.2 Å². The largest absolute Gasteiger partial charge is 0.352 e. The van der Waals surface area contributed by atoms with Gasteiger partial charge in [-0.15, -0.1) is 24.0 Å². The fourth-order valence-electron chi connectivity index (χ4n) is 2.41. The number of aliphatic imine (C=N–C) groups is 1. The van der Waals surface area contributed by atoms with Gasteiger partial charge in [0.25, 0.3) is 0 Å². The minimum atomic E-state index is 0. The van der Waals surface area contributed by atoms with Crippen LogP contribution < -0.4 is 10.6 Å². The van der Waals surface area contributed by atoms with Crippen LogP contribution in [0.15, 0.2) is 53.5 Å². The molecule has 0 atom stereocenters. The lowest BCUT2D eigenvalue weighted by Crippen LogP contribution is -2.36. The zero-order valence-corrected chi connectivity index (χ0v) is 16.4. The number of nitrogens with zero attached hydrogens (tertiary/aromatic N) is 2. The minimum absolute atomic E-state index is 0. The summed E-state index contributed by atoms with van der Waals surface area (Å²) < 4.78 is 0. The third kappa shape index (κ3) is 5.85. The number of nitriles is 1. The average Bonchev–Trinajstić information content (AvgIpc) is 2.62. The van der Waals surface area contributed by atoms with Gasteiger partial charge in [-0.2, -0.15) is 5.26 Å². The first-order chi connectivity index (χ1) is 11.3. The maximum atomic E-state index is 8.94. The van der Waals surface area contributed by atoms with E-state index in [1.54, 1.807) is 13.1 Å². The summed E-state index contributed by atoms with van der Waals surface area (Å²) in [6, 6.07) is 18.1. The molecule has 0 aliphatic rings. The summed E-state index contributed by atoms with van der Waals surface area (Å²) in [6.07, 6.45) is 1.02. The van der Waals surface area contributed by atoms with Crippen LogP contribution in [0, 0.1) is 11.3 Å². The maximum Gasteiger partial charge on any atom is 0.191 e. The van der Waals surface area contributed by atoms with Gasteiger partial charge < -0.3 is 10.6 Å². The topological polar surface area (TPSA) is 60.2 Å². The van der Waals surface area contributed by atoms with Crippen molar-refractivity contribution in [3.63, 3.8) is 0 Å². The van der Waals surface area contributed by atoms with Gasteiger partial charge in [0.2, 0.25) is 0 Å². The molecule has 24 heavy (non-hydrogen) atoms. The predicted molar refractivity (Wildman–Crippen MR) is 109 cm³/mol. The van der Waals surface area contributed by atoms with E-state index in [2.05, 4.69) is 52.9 Å². The van der Waals surface area contributed by atoms with Crippen molar-refractivity contribution in [1.82, 2.24) is 10.6 Å². The van der Waals surface area contributed by atoms with Crippen LogP contribution in [0.4, 0.5) is 0 Å². The van der Waals surface area contributed by atoms with E-state index in [9.17, 15) is 0 Å². The summed E-state index contributed by atoms with van der Waals surface area (Å²) in [6.45, 7) is 3.53. The fraction of sp³-hybridized carbons (Fsp3) is 0.263. The molecular weight excluding hydrogens is 411 g/mol. The number of hydrogen-bond acceptors (Lipinski definition) is 2. The Labute approximate surface area is 161 Å². The van der Waals surface area contributed by atoms with Crippen molar-refractivity contribution in [3.05, 3.63) is 70.8 Å². The highest BCUT2D eigenvalue weighted by Crippen LogP contribution is 2.09. The first-order valence-corrected chi connectivity index (χ1v) is 7.77. The smallest absolute Gasteiger partial charge is 0.191 e. The van der Waals surface area contributed by atoms with Gasteiger partial charge in [0, 0.05) is 20.1 Å². The SMILES string of the molecule is CCc1ccccc1CNC(=NC)NCc1cccc(C#N)c1.I. The zero-order chi connectivity index (χ0) is 16.5. The lowest BCUT2D eigenvalue weighted by Gasteiger charge is -2.14. The highest BCUT2D eigenvalue weighted by atomic mass is 127. The van der Waals surface area contributed by atoms with Gasteiger partial charge in [0.05, 0.1) is 11.6 Å². The molecule has 2 aromatic rings. The number of nitrogens with one attached hydrogen (secondary N) is 2. The molecule has 0 aliphatic carbocycles. The monoisotopic (exact) mass is 434 g/mol. The second-order valence-corrected chi connectivity index (χ2v) is 5.21. The Balaban J connectivity index is 0.00000288. The van der Waals surface area contributed by atoms with E-state index in [4.69, 9.17) is 5.26 Å². The summed E-state index contributed by atoms with van der Waals surface area (Å²) in [4.78, 5) is 4.25. The minimum Gasteiger partial charge on any atom is -0.352 e. The van der Waals surface area contributed by atoms with Crippen LogP contribution in [-0.2, 0) is 19.5 Å². The number of rotatable bonds is 5. The first kappa shape index (κ1) is 20.0. The van der Waals surface area contributed by atoms with Crippen LogP contribution in [-0.4, -0.2) is 13.0 Å². The standard InChI is InChI=1S/C19H22N4.HI/c1-3-17-9-4-5-10-18(17)14-23-19(21-2)22-13-16-8-6-7-15(11-16)12-20;/h4-11H,3,13-14H2,1-2H3,(H2,21,22,23);1H. The summed E-state index contributed by atoms with van der Waals surface area (Å²) in [7, 11) is 1.76. The molecule has 0 heterocycles. The molecular formula is C19H23IN4. The van der Waals surface area contributed by atoms with Crippen LogP contribution in [0.3, 0.4) is 0 Å². The summed E-state index contributed by atoms with van der Waals surface area (Å²) in [5.74, 6) is 0.748. The third-order valence-corrected chi connectivity index (χ3v) is 3.69. The normalized spacial score (nSPS) is 10.5. The van der Waals surface area contributed by atoms with Crippen LogP contribution >= 0.6 is 24.0 Å². The molecule has 4 nitrogen and oxygen atoms in total. The highest BCUT2D eigenvalue weighted by Gasteiger charge is 2.02. The van der Waals surface area contributed by atoms with E-state index in [1.807, 2.05) is 18.2 Å². The molecule has 2 aromatic carbocycles. The first-order valence-electron chi connectivity index (χ1n) is 7.77. The van der Waals surface area contributed by atoms with Crippen molar-refractivity contribution in [2.24, 2.45) is 4.99 Å². The van der Waals surface area contributed by atoms with Crippen molar-refractivity contribution < 1.29 is 0 Å². The van der Waals surface area contributed by atoms with E-state index in [1.165, 1.54) is 11.1 Å². The quantitative estimate of drug-likeness (QED) is 0.430. The van der Waals surface area contributed by atoms with Gasteiger partial charge in [-0.25, -0.2) is 0 Å². The van der Waals surface area contributed by atoms with E-state index >= 15 is 0 Å². The molecule has 0 aliphatic heterocycles. The molecule has 126 valence electrons. The average molecular weight is 434 g/mol. The van der Waals surface area contributed by atoms with Crippen LogP contribution in [0.2, 0.25) is 0 Å². The highest BCUT2D eigenvalue weighted by molar-refractivity contribution is 14.0. The number of benzene rings is 2. The van der Waals surface area contributed by atoms with Gasteiger partial charge in [0.1, 0.15) is 0 Å². The Kier molecular flexibility index (Phi) is 8.87. The Morgan fingerprint density at radius 2 is 1.75 bits per heavy atom. The Hall–Kier alpha value is -2.07. The molecule has 0 amide bonds. The van der Waals surface area contributed by atoms with Crippen LogP contribution in [0.25, 0.3) is 0 Å². The Bertz CT molecular complexity index is 719. The lowest BCUT2D eigenvalue weighted by molar-refractivity contribution is 0.803. The lowest BCUT2D eigenvalue weighted by atomic mass is 10.1. The molecule has 5 heteroatoms. The van der Waals surface area contributed by atoms with E-state index in [0.29, 0.717) is 12.1 Å². The van der Waals surface area contributed by atoms with Crippen molar-refractivity contribution in [1.29, 1.82) is 5.26 Å². The fourth-order valence-corrected chi connectivity index (χ4v) is 2.41. The van der Waals surface area contributed by atoms with Gasteiger partial charge in [-0.3, -0.25) is 4.99 Å². The number of guanidine groups is 1. The van der Waals surface area contributed by atoms with Crippen molar-refractivity contribution in [2.45, 2.75) is 26.4 Å². The predicted octanol–water partition coefficient (Wildman–Crippen LogP) is 3.60. The van der Waals surface area contributed by atoms with Gasteiger partial charge in [0.15, 0.2) is 5.96 Å². The van der Waals surface area contributed by atoms with Crippen molar-refractivity contribution >= 4 is 29.9 Å². The number of halogens is 1. The molecule has 0 fully saturated rings. The molecule has 0 radical (unpaired) electrons. The number of hydrogen-bond donors (Lipinski definition) is 2. The molecule has 0 spiro atoms. The van der Waals surface area contributed by atoms with Crippen molar-refractivity contribution in [3.8, 4) is 6.07 Å². The second-order valence-electron chi connectivity index (χ2n) is 5.21. The summed E-state index contributed by atoms with van der Waals surface area (Å²) in [5, 5.41) is 15.5. The molecule has 0 saturated heterocycles. The Morgan fingerprint density at radius 3 is 2.42 bits per heavy atom. The summed E-state index contributed by atoms with van der Waals surface area (Å²) in [5.41, 5.74) is 4.35. The van der Waals surface area contributed by atoms with Gasteiger partial charge >= 0.3 is 0 Å². The maximum absolute atomic E-state index is 8.94. The van der Waals surface area contributed by atoms with Crippen LogP contribution in [0.5, 0.6) is 0 Å². The molecule has 0 saturated carbocycles. The van der Waals surface area contributed by atoms with Gasteiger partial charge in [-0.1, -0.05) is 43.3 Å². The van der Waals surface area contributed by atoms with E-state index in [-0.39, 0.29) is 24.0 Å². The van der Waals surface area contributed by atoms with E-state index in [0.717, 1.165) is 24.5 Å². The number of aryl methyl sites for hydroxylation is 1. The summed E-state index contributed by atoms with van der Waals surface area (Å²) >= 11 is 0.